The lowest BCUT2D eigenvalue weighted by molar-refractivity contribution is 0.0615. The molecule has 1 aliphatic rings. The van der Waals surface area contributed by atoms with Crippen LogP contribution in [0.1, 0.15) is 15.9 Å². The van der Waals surface area contributed by atoms with Gasteiger partial charge in [0, 0.05) is 49.5 Å². The van der Waals surface area contributed by atoms with E-state index in [1.165, 1.54) is 0 Å². The van der Waals surface area contributed by atoms with Gasteiger partial charge in [0.05, 0.1) is 18.7 Å². The van der Waals surface area contributed by atoms with Gasteiger partial charge in [-0.25, -0.2) is 0 Å². The van der Waals surface area contributed by atoms with Gasteiger partial charge in [-0.05, 0) is 11.6 Å². The maximum atomic E-state index is 13.4. The molecule has 2 aromatic carbocycles. The number of amides is 1. The Bertz CT molecular complexity index is 997. The molecule has 1 fully saturated rings. The van der Waals surface area contributed by atoms with E-state index < -0.39 is 0 Å². The Kier molecular flexibility index (Phi) is 6.47. The first-order valence-corrected chi connectivity index (χ1v) is 10.5. The van der Waals surface area contributed by atoms with Gasteiger partial charge in [0.15, 0.2) is 0 Å². The Labute approximate surface area is 181 Å². The number of benzene rings is 2. The number of piperazine rings is 1. The Morgan fingerprint density at radius 2 is 1.70 bits per heavy atom. The summed E-state index contributed by atoms with van der Waals surface area (Å²) in [6, 6.07) is 17.5. The van der Waals surface area contributed by atoms with Gasteiger partial charge in [-0.2, -0.15) is 5.10 Å². The molecule has 1 aliphatic heterocycles. The molecule has 1 aromatic heterocycles. The molecule has 0 saturated carbocycles. The first-order valence-electron chi connectivity index (χ1n) is 10.1. The highest BCUT2D eigenvalue weighted by atomic mass is 35.5. The van der Waals surface area contributed by atoms with Crippen molar-refractivity contribution < 1.29 is 9.90 Å². The number of aliphatic hydroxyl groups excluding tert-OH is 1. The van der Waals surface area contributed by atoms with Crippen LogP contribution >= 0.6 is 11.6 Å². The maximum Gasteiger partial charge on any atom is 0.257 e. The lowest BCUT2D eigenvalue weighted by Gasteiger charge is -2.34. The summed E-state index contributed by atoms with van der Waals surface area (Å²) in [5.41, 5.74) is 3.16. The normalized spacial score (nSPS) is 14.8. The molecule has 1 amide bonds. The molecule has 1 saturated heterocycles. The molecule has 156 valence electrons. The molecule has 1 N–H and O–H groups in total. The van der Waals surface area contributed by atoms with Gasteiger partial charge in [-0.1, -0.05) is 60.1 Å². The van der Waals surface area contributed by atoms with Crippen LogP contribution in [0, 0.1) is 0 Å². The van der Waals surface area contributed by atoms with E-state index in [9.17, 15) is 4.79 Å². The summed E-state index contributed by atoms with van der Waals surface area (Å²) >= 11 is 6.32. The molecule has 0 spiro atoms. The highest BCUT2D eigenvalue weighted by Gasteiger charge is 2.26. The van der Waals surface area contributed by atoms with Gasteiger partial charge in [0.2, 0.25) is 0 Å². The van der Waals surface area contributed by atoms with Crippen LogP contribution in [0.15, 0.2) is 60.8 Å². The molecule has 2 heterocycles. The van der Waals surface area contributed by atoms with Gasteiger partial charge in [-0.3, -0.25) is 14.4 Å². The average molecular weight is 425 g/mol. The van der Waals surface area contributed by atoms with Crippen LogP contribution in [0.25, 0.3) is 11.3 Å². The molecule has 4 rings (SSSR count). The molecular weight excluding hydrogens is 400 g/mol. The fourth-order valence-electron chi connectivity index (χ4n) is 3.76. The van der Waals surface area contributed by atoms with E-state index in [-0.39, 0.29) is 12.5 Å². The molecule has 0 atom stereocenters. The average Bonchev–Trinajstić information content (AvgIpc) is 3.20. The summed E-state index contributed by atoms with van der Waals surface area (Å²) in [5, 5.41) is 14.6. The van der Waals surface area contributed by atoms with Crippen LogP contribution in [0.3, 0.4) is 0 Å². The predicted octanol–water partition coefficient (Wildman–Crippen LogP) is 3.00. The lowest BCUT2D eigenvalue weighted by Crippen LogP contribution is -2.49. The van der Waals surface area contributed by atoms with Gasteiger partial charge in [0.25, 0.3) is 5.91 Å². The van der Waals surface area contributed by atoms with Crippen molar-refractivity contribution in [1.29, 1.82) is 0 Å². The summed E-state index contributed by atoms with van der Waals surface area (Å²) in [6.45, 7) is 4.10. The SMILES string of the molecule is O=C(c1cn(Cc2ccccc2Cl)nc1-c1ccccc1)N1CCN(CCO)CC1. The van der Waals surface area contributed by atoms with E-state index in [2.05, 4.69) is 4.90 Å². The van der Waals surface area contributed by atoms with Crippen LogP contribution < -0.4 is 0 Å². The predicted molar refractivity (Wildman–Crippen MR) is 118 cm³/mol. The highest BCUT2D eigenvalue weighted by Crippen LogP contribution is 2.25. The van der Waals surface area contributed by atoms with Gasteiger partial charge >= 0.3 is 0 Å². The van der Waals surface area contributed by atoms with Crippen LogP contribution in [-0.2, 0) is 6.54 Å². The zero-order chi connectivity index (χ0) is 20.9. The number of carbonyl (C=O) groups is 1. The maximum absolute atomic E-state index is 13.4. The Balaban J connectivity index is 1.62. The van der Waals surface area contributed by atoms with Crippen molar-refractivity contribution in [3.63, 3.8) is 0 Å². The van der Waals surface area contributed by atoms with Crippen molar-refractivity contribution >= 4 is 17.5 Å². The standard InChI is InChI=1S/C23H25ClN4O2/c24-21-9-5-4-8-19(21)16-28-17-20(22(25-28)18-6-2-1-3-7-18)23(30)27-12-10-26(11-13-27)14-15-29/h1-9,17,29H,10-16H2. The molecule has 0 radical (unpaired) electrons. The largest absolute Gasteiger partial charge is 0.395 e. The number of β-amino-alcohol motifs (C(OH)–C–C–N with tert-alkyl or cyclic N) is 1. The van der Waals surface area contributed by atoms with Crippen LogP contribution in [-0.4, -0.2) is 69.9 Å². The summed E-state index contributed by atoms with van der Waals surface area (Å²) in [5.74, 6) is -0.0112. The number of rotatable bonds is 6. The zero-order valence-electron chi connectivity index (χ0n) is 16.7. The number of halogens is 1. The highest BCUT2D eigenvalue weighted by molar-refractivity contribution is 6.31. The summed E-state index contributed by atoms with van der Waals surface area (Å²) in [4.78, 5) is 17.4. The minimum Gasteiger partial charge on any atom is -0.395 e. The van der Waals surface area contributed by atoms with Gasteiger partial charge in [0.1, 0.15) is 5.69 Å². The molecule has 0 aliphatic carbocycles. The Hall–Kier alpha value is -2.67. The number of aliphatic hydroxyl groups is 1. The Morgan fingerprint density at radius 1 is 1.00 bits per heavy atom. The van der Waals surface area contributed by atoms with E-state index in [0.717, 1.165) is 24.2 Å². The topological polar surface area (TPSA) is 61.6 Å². The molecule has 0 bridgehead atoms. The first-order chi connectivity index (χ1) is 14.7. The smallest absolute Gasteiger partial charge is 0.257 e. The molecule has 7 heteroatoms. The summed E-state index contributed by atoms with van der Waals surface area (Å²) in [6.07, 6.45) is 1.83. The molecule has 6 nitrogen and oxygen atoms in total. The second kappa shape index (κ2) is 9.43. The zero-order valence-corrected chi connectivity index (χ0v) is 17.5. The van der Waals surface area contributed by atoms with E-state index >= 15 is 0 Å². The van der Waals surface area contributed by atoms with Crippen LogP contribution in [0.5, 0.6) is 0 Å². The number of hydrogen-bond donors (Lipinski definition) is 1. The van der Waals surface area contributed by atoms with E-state index in [0.29, 0.717) is 42.5 Å². The number of aromatic nitrogens is 2. The fraction of sp³-hybridized carbons (Fsp3) is 0.304. The van der Waals surface area contributed by atoms with Gasteiger partial charge < -0.3 is 10.0 Å². The molecule has 30 heavy (non-hydrogen) atoms. The second-order valence-corrected chi connectivity index (χ2v) is 7.81. The molecule has 0 unspecified atom stereocenters. The quantitative estimate of drug-likeness (QED) is 0.660. The van der Waals surface area contributed by atoms with E-state index in [4.69, 9.17) is 21.8 Å². The monoisotopic (exact) mass is 424 g/mol. The lowest BCUT2D eigenvalue weighted by atomic mass is 10.1. The first kappa shape index (κ1) is 20.6. The van der Waals surface area contributed by atoms with Crippen molar-refractivity contribution in [1.82, 2.24) is 19.6 Å². The van der Waals surface area contributed by atoms with Crippen LogP contribution in [0.2, 0.25) is 5.02 Å². The third-order valence-corrected chi connectivity index (χ3v) is 5.77. The molecular formula is C23H25ClN4O2. The number of carbonyl (C=O) groups excluding carboxylic acids is 1. The Morgan fingerprint density at radius 3 is 2.40 bits per heavy atom. The van der Waals surface area contributed by atoms with Crippen LogP contribution in [0.4, 0.5) is 0 Å². The third kappa shape index (κ3) is 4.56. The van der Waals surface area contributed by atoms with E-state index in [1.54, 1.807) is 4.68 Å². The minimum atomic E-state index is -0.0112. The van der Waals surface area contributed by atoms with Crippen molar-refractivity contribution in [2.45, 2.75) is 6.54 Å². The van der Waals surface area contributed by atoms with Crippen molar-refractivity contribution in [2.24, 2.45) is 0 Å². The number of nitrogens with zero attached hydrogens (tertiary/aromatic N) is 4. The second-order valence-electron chi connectivity index (χ2n) is 7.40. The van der Waals surface area contributed by atoms with Crippen molar-refractivity contribution in [2.75, 3.05) is 39.3 Å². The summed E-state index contributed by atoms with van der Waals surface area (Å²) < 4.78 is 1.79. The van der Waals surface area contributed by atoms with E-state index in [1.807, 2.05) is 65.7 Å². The van der Waals surface area contributed by atoms with Crippen molar-refractivity contribution in [3.05, 3.63) is 76.9 Å². The third-order valence-electron chi connectivity index (χ3n) is 5.41. The van der Waals surface area contributed by atoms with Gasteiger partial charge in [-0.15, -0.1) is 0 Å². The summed E-state index contributed by atoms with van der Waals surface area (Å²) in [7, 11) is 0. The minimum absolute atomic E-state index is 0.0112. The number of hydrogen-bond acceptors (Lipinski definition) is 4. The molecule has 3 aromatic rings. The van der Waals surface area contributed by atoms with Crippen molar-refractivity contribution in [3.8, 4) is 11.3 Å². The fourth-order valence-corrected chi connectivity index (χ4v) is 3.95.